The molecule has 0 spiro atoms. The highest BCUT2D eigenvalue weighted by molar-refractivity contribution is 5.25. The average Bonchev–Trinajstić information content (AvgIpc) is 2.39. The SMILES string of the molecule is CNCC(C)(CN1CCOC(C)(C)C1)c1ccccc1. The van der Waals surface area contributed by atoms with Crippen LogP contribution in [0, 0.1) is 0 Å². The number of benzene rings is 1. The Bertz CT molecular complexity index is 418. The molecule has 1 saturated heterocycles. The second kappa shape index (κ2) is 6.25. The first-order valence-electron chi connectivity index (χ1n) is 7.52. The largest absolute Gasteiger partial charge is 0.373 e. The number of likely N-dealkylation sites (N-methyl/N-ethyl adjacent to an activating group) is 1. The van der Waals surface area contributed by atoms with Crippen molar-refractivity contribution in [1.29, 1.82) is 0 Å². The molecule has 2 rings (SSSR count). The van der Waals surface area contributed by atoms with Crippen molar-refractivity contribution in [2.45, 2.75) is 31.8 Å². The predicted octanol–water partition coefficient (Wildman–Crippen LogP) is 2.27. The van der Waals surface area contributed by atoms with Crippen molar-refractivity contribution >= 4 is 0 Å². The third kappa shape index (κ3) is 3.81. The number of hydrogen-bond acceptors (Lipinski definition) is 3. The highest BCUT2D eigenvalue weighted by Gasteiger charge is 2.33. The van der Waals surface area contributed by atoms with Crippen molar-refractivity contribution in [3.8, 4) is 0 Å². The molecule has 1 N–H and O–H groups in total. The fraction of sp³-hybridized carbons (Fsp3) is 0.647. The van der Waals surface area contributed by atoms with E-state index in [9.17, 15) is 0 Å². The number of morpholine rings is 1. The van der Waals surface area contributed by atoms with Crippen LogP contribution >= 0.6 is 0 Å². The molecule has 0 amide bonds. The lowest BCUT2D eigenvalue weighted by atomic mass is 9.81. The Morgan fingerprint density at radius 1 is 1.30 bits per heavy atom. The Kier molecular flexibility index (Phi) is 4.84. The van der Waals surface area contributed by atoms with Gasteiger partial charge in [0.25, 0.3) is 0 Å². The first kappa shape index (κ1) is 15.5. The molecular weight excluding hydrogens is 248 g/mol. The maximum Gasteiger partial charge on any atom is 0.0753 e. The van der Waals surface area contributed by atoms with E-state index < -0.39 is 0 Å². The Balaban J connectivity index is 2.13. The van der Waals surface area contributed by atoms with Crippen molar-refractivity contribution in [3.63, 3.8) is 0 Å². The first-order chi connectivity index (χ1) is 9.45. The van der Waals surface area contributed by atoms with Crippen LogP contribution in [0.1, 0.15) is 26.3 Å². The van der Waals surface area contributed by atoms with E-state index >= 15 is 0 Å². The van der Waals surface area contributed by atoms with Crippen LogP contribution in [0.15, 0.2) is 30.3 Å². The van der Waals surface area contributed by atoms with Gasteiger partial charge in [0.2, 0.25) is 0 Å². The molecule has 112 valence electrons. The summed E-state index contributed by atoms with van der Waals surface area (Å²) in [7, 11) is 2.03. The maximum absolute atomic E-state index is 5.82. The first-order valence-corrected chi connectivity index (χ1v) is 7.52. The molecule has 0 radical (unpaired) electrons. The van der Waals surface area contributed by atoms with Gasteiger partial charge in [-0.05, 0) is 26.5 Å². The van der Waals surface area contributed by atoms with Gasteiger partial charge in [-0.2, -0.15) is 0 Å². The molecule has 1 heterocycles. The summed E-state index contributed by atoms with van der Waals surface area (Å²) in [6, 6.07) is 10.8. The number of nitrogens with one attached hydrogen (secondary N) is 1. The van der Waals surface area contributed by atoms with E-state index in [1.54, 1.807) is 0 Å². The van der Waals surface area contributed by atoms with Crippen LogP contribution < -0.4 is 5.32 Å². The summed E-state index contributed by atoms with van der Waals surface area (Å²) < 4.78 is 5.82. The monoisotopic (exact) mass is 276 g/mol. The highest BCUT2D eigenvalue weighted by Crippen LogP contribution is 2.26. The zero-order valence-electron chi connectivity index (χ0n) is 13.3. The summed E-state index contributed by atoms with van der Waals surface area (Å²) >= 11 is 0. The molecule has 0 aromatic heterocycles. The smallest absolute Gasteiger partial charge is 0.0753 e. The van der Waals surface area contributed by atoms with Crippen molar-refractivity contribution in [3.05, 3.63) is 35.9 Å². The van der Waals surface area contributed by atoms with E-state index in [2.05, 4.69) is 61.3 Å². The maximum atomic E-state index is 5.82. The van der Waals surface area contributed by atoms with Crippen LogP contribution in [0.25, 0.3) is 0 Å². The lowest BCUT2D eigenvalue weighted by molar-refractivity contribution is -0.0898. The van der Waals surface area contributed by atoms with Crippen LogP contribution in [-0.4, -0.2) is 50.3 Å². The lowest BCUT2D eigenvalue weighted by Crippen LogP contribution is -2.53. The van der Waals surface area contributed by atoms with E-state index in [0.29, 0.717) is 0 Å². The Hall–Kier alpha value is -0.900. The zero-order chi connectivity index (χ0) is 14.6. The molecule has 0 aliphatic carbocycles. The molecule has 0 bridgehead atoms. The second-order valence-electron chi connectivity index (χ2n) is 6.78. The molecule has 1 aromatic rings. The summed E-state index contributed by atoms with van der Waals surface area (Å²) in [5, 5.41) is 3.36. The molecule has 0 saturated carbocycles. The van der Waals surface area contributed by atoms with Gasteiger partial charge < -0.3 is 10.1 Å². The molecule has 1 aliphatic heterocycles. The third-order valence-electron chi connectivity index (χ3n) is 4.11. The molecule has 3 nitrogen and oxygen atoms in total. The summed E-state index contributed by atoms with van der Waals surface area (Å²) in [6.45, 7) is 11.6. The minimum atomic E-state index is -0.0323. The number of ether oxygens (including phenoxy) is 1. The van der Waals surface area contributed by atoms with Crippen molar-refractivity contribution < 1.29 is 4.74 Å². The average molecular weight is 276 g/mol. The molecule has 1 atom stereocenters. The van der Waals surface area contributed by atoms with Gasteiger partial charge in [0.1, 0.15) is 0 Å². The van der Waals surface area contributed by atoms with Crippen LogP contribution in [0.4, 0.5) is 0 Å². The fourth-order valence-electron chi connectivity index (χ4n) is 3.22. The molecule has 20 heavy (non-hydrogen) atoms. The van der Waals surface area contributed by atoms with Gasteiger partial charge in [0.15, 0.2) is 0 Å². The zero-order valence-corrected chi connectivity index (χ0v) is 13.3. The third-order valence-corrected chi connectivity index (χ3v) is 4.11. The number of hydrogen-bond donors (Lipinski definition) is 1. The van der Waals surface area contributed by atoms with Gasteiger partial charge >= 0.3 is 0 Å². The lowest BCUT2D eigenvalue weighted by Gasteiger charge is -2.43. The number of nitrogens with zero attached hydrogens (tertiary/aromatic N) is 1. The molecule has 1 aromatic carbocycles. The Morgan fingerprint density at radius 2 is 2.00 bits per heavy atom. The molecule has 3 heteroatoms. The van der Waals surface area contributed by atoms with Crippen molar-refractivity contribution in [1.82, 2.24) is 10.2 Å². The fourth-order valence-corrected chi connectivity index (χ4v) is 3.22. The van der Waals surface area contributed by atoms with Crippen LogP contribution in [0.2, 0.25) is 0 Å². The summed E-state index contributed by atoms with van der Waals surface area (Å²) in [5.41, 5.74) is 1.50. The van der Waals surface area contributed by atoms with Gasteiger partial charge in [-0.25, -0.2) is 0 Å². The highest BCUT2D eigenvalue weighted by atomic mass is 16.5. The van der Waals surface area contributed by atoms with E-state index in [1.165, 1.54) is 5.56 Å². The molecule has 1 fully saturated rings. The molecule has 1 aliphatic rings. The predicted molar refractivity (Wildman–Crippen MR) is 84.2 cm³/mol. The van der Waals surface area contributed by atoms with Crippen molar-refractivity contribution in [2.24, 2.45) is 0 Å². The quantitative estimate of drug-likeness (QED) is 0.893. The Labute approximate surface area is 123 Å². The van der Waals surface area contributed by atoms with E-state index in [0.717, 1.165) is 32.8 Å². The number of rotatable bonds is 5. The van der Waals surface area contributed by atoms with E-state index in [1.807, 2.05) is 7.05 Å². The van der Waals surface area contributed by atoms with Gasteiger partial charge in [-0.15, -0.1) is 0 Å². The van der Waals surface area contributed by atoms with Gasteiger partial charge in [-0.3, -0.25) is 4.90 Å². The van der Waals surface area contributed by atoms with E-state index in [4.69, 9.17) is 4.74 Å². The van der Waals surface area contributed by atoms with Crippen LogP contribution in [0.3, 0.4) is 0 Å². The molecular formula is C17H28N2O. The van der Waals surface area contributed by atoms with Gasteiger partial charge in [0.05, 0.1) is 12.2 Å². The normalized spacial score (nSPS) is 22.4. The summed E-state index contributed by atoms with van der Waals surface area (Å²) in [4.78, 5) is 2.54. The van der Waals surface area contributed by atoms with Crippen LogP contribution in [0.5, 0.6) is 0 Å². The summed E-state index contributed by atoms with van der Waals surface area (Å²) in [6.07, 6.45) is 0. The second-order valence-corrected chi connectivity index (χ2v) is 6.78. The van der Waals surface area contributed by atoms with Gasteiger partial charge in [-0.1, -0.05) is 37.3 Å². The van der Waals surface area contributed by atoms with Gasteiger partial charge in [0, 0.05) is 31.6 Å². The Morgan fingerprint density at radius 3 is 2.60 bits per heavy atom. The van der Waals surface area contributed by atoms with Crippen molar-refractivity contribution in [2.75, 3.05) is 39.8 Å². The minimum Gasteiger partial charge on any atom is -0.373 e. The topological polar surface area (TPSA) is 24.5 Å². The minimum absolute atomic E-state index is 0.0323. The summed E-state index contributed by atoms with van der Waals surface area (Å²) in [5.74, 6) is 0. The standard InChI is InChI=1S/C17H28N2O/c1-16(2)13-19(10-11-20-16)14-17(3,12-18-4)15-8-6-5-7-9-15/h5-9,18H,10-14H2,1-4H3. The van der Waals surface area contributed by atoms with E-state index in [-0.39, 0.29) is 11.0 Å². The molecule has 1 unspecified atom stereocenters. The van der Waals surface area contributed by atoms with Crippen LogP contribution in [-0.2, 0) is 10.2 Å².